The highest BCUT2D eigenvalue weighted by Gasteiger charge is 2.48. The van der Waals surface area contributed by atoms with Gasteiger partial charge in [-0.15, -0.1) is 0 Å². The molecule has 0 aliphatic heterocycles. The fraction of sp³-hybridized carbons (Fsp3) is 0.0323. The highest BCUT2D eigenvalue weighted by molar-refractivity contribution is 6.12. The third-order valence-electron chi connectivity index (χ3n) is 7.04. The number of hydrogen-bond acceptors (Lipinski definition) is 1. The minimum absolute atomic E-state index is 0.323. The van der Waals surface area contributed by atoms with Gasteiger partial charge in [-0.1, -0.05) is 110 Å². The van der Waals surface area contributed by atoms with Crippen molar-refractivity contribution in [3.63, 3.8) is 0 Å². The molecule has 1 spiro atoms. The second-order valence-corrected chi connectivity index (χ2v) is 8.56. The Hall–Kier alpha value is -4.10. The SMILES string of the molecule is C=C/C=C\C1=CC2(c3ccccc31)c1ccccc1-c1c2ccc2c1oc1ccccc12. The highest BCUT2D eigenvalue weighted by Crippen LogP contribution is 2.60. The summed E-state index contributed by atoms with van der Waals surface area (Å²) in [5.74, 6) is 0. The molecule has 32 heavy (non-hydrogen) atoms. The van der Waals surface area contributed by atoms with Gasteiger partial charge in [-0.05, 0) is 39.5 Å². The number of rotatable bonds is 2. The van der Waals surface area contributed by atoms with Crippen LogP contribution in [0.5, 0.6) is 0 Å². The van der Waals surface area contributed by atoms with Crippen LogP contribution in [-0.4, -0.2) is 0 Å². The summed E-state index contributed by atoms with van der Waals surface area (Å²) in [6.07, 6.45) is 8.45. The molecule has 0 saturated heterocycles. The minimum Gasteiger partial charge on any atom is -0.455 e. The molecule has 150 valence electrons. The Morgan fingerprint density at radius 2 is 1.41 bits per heavy atom. The lowest BCUT2D eigenvalue weighted by Crippen LogP contribution is -2.22. The zero-order valence-corrected chi connectivity index (χ0v) is 17.5. The number of benzene rings is 4. The first-order valence-electron chi connectivity index (χ1n) is 11.0. The van der Waals surface area contributed by atoms with Crippen LogP contribution in [0.1, 0.15) is 22.3 Å². The molecule has 1 heterocycles. The molecular weight excluding hydrogens is 388 g/mol. The van der Waals surface area contributed by atoms with Crippen molar-refractivity contribution < 1.29 is 4.42 Å². The second-order valence-electron chi connectivity index (χ2n) is 8.56. The van der Waals surface area contributed by atoms with Crippen molar-refractivity contribution in [1.29, 1.82) is 0 Å². The van der Waals surface area contributed by atoms with E-state index in [2.05, 4.69) is 97.6 Å². The lowest BCUT2D eigenvalue weighted by Gasteiger charge is -2.27. The second kappa shape index (κ2) is 6.21. The largest absolute Gasteiger partial charge is 0.455 e. The van der Waals surface area contributed by atoms with Crippen molar-refractivity contribution >= 4 is 27.5 Å². The van der Waals surface area contributed by atoms with Crippen LogP contribution in [0.3, 0.4) is 0 Å². The zero-order valence-electron chi connectivity index (χ0n) is 17.5. The lowest BCUT2D eigenvalue weighted by atomic mass is 9.74. The van der Waals surface area contributed by atoms with Crippen LogP contribution >= 0.6 is 0 Å². The maximum atomic E-state index is 6.49. The molecular formula is C31H20O. The lowest BCUT2D eigenvalue weighted by molar-refractivity contribution is 0.669. The van der Waals surface area contributed by atoms with Gasteiger partial charge < -0.3 is 4.42 Å². The van der Waals surface area contributed by atoms with E-state index < -0.39 is 0 Å². The third kappa shape index (κ3) is 2.03. The number of hydrogen-bond donors (Lipinski definition) is 0. The van der Waals surface area contributed by atoms with Gasteiger partial charge in [0, 0.05) is 16.3 Å². The molecule has 1 unspecified atom stereocenters. The van der Waals surface area contributed by atoms with Crippen molar-refractivity contribution in [2.75, 3.05) is 0 Å². The molecule has 4 aromatic carbocycles. The fourth-order valence-electron chi connectivity index (χ4n) is 5.80. The molecule has 5 aromatic rings. The molecule has 1 heteroatoms. The van der Waals surface area contributed by atoms with Gasteiger partial charge in [-0.2, -0.15) is 0 Å². The number of furan rings is 1. The predicted octanol–water partition coefficient (Wildman–Crippen LogP) is 8.04. The molecule has 0 fully saturated rings. The van der Waals surface area contributed by atoms with E-state index in [0.717, 1.165) is 11.2 Å². The molecule has 0 radical (unpaired) electrons. The number of allylic oxidation sites excluding steroid dienone is 5. The molecule has 2 aliphatic carbocycles. The maximum absolute atomic E-state index is 6.49. The summed E-state index contributed by atoms with van der Waals surface area (Å²) in [5.41, 5.74) is 10.5. The minimum atomic E-state index is -0.323. The van der Waals surface area contributed by atoms with E-state index in [1.807, 2.05) is 18.2 Å². The molecule has 0 amide bonds. The first-order valence-corrected chi connectivity index (χ1v) is 11.0. The van der Waals surface area contributed by atoms with E-state index >= 15 is 0 Å². The molecule has 7 rings (SSSR count). The summed E-state index contributed by atoms with van der Waals surface area (Å²) in [7, 11) is 0. The summed E-state index contributed by atoms with van der Waals surface area (Å²) >= 11 is 0. The van der Waals surface area contributed by atoms with E-state index in [4.69, 9.17) is 4.42 Å². The molecule has 2 aliphatic rings. The monoisotopic (exact) mass is 408 g/mol. The van der Waals surface area contributed by atoms with E-state index in [1.54, 1.807) is 0 Å². The summed E-state index contributed by atoms with van der Waals surface area (Å²) < 4.78 is 6.49. The van der Waals surface area contributed by atoms with E-state index in [-0.39, 0.29) is 5.41 Å². The normalized spacial score (nSPS) is 18.3. The van der Waals surface area contributed by atoms with Crippen LogP contribution in [0.25, 0.3) is 38.6 Å². The quantitative estimate of drug-likeness (QED) is 0.269. The van der Waals surface area contributed by atoms with Crippen molar-refractivity contribution in [2.24, 2.45) is 0 Å². The average Bonchev–Trinajstić information content (AvgIpc) is 3.47. The maximum Gasteiger partial charge on any atom is 0.143 e. The van der Waals surface area contributed by atoms with Crippen LogP contribution < -0.4 is 0 Å². The van der Waals surface area contributed by atoms with Gasteiger partial charge in [0.1, 0.15) is 11.2 Å². The van der Waals surface area contributed by atoms with Crippen molar-refractivity contribution in [3.8, 4) is 11.1 Å². The smallest absolute Gasteiger partial charge is 0.143 e. The Morgan fingerprint density at radius 3 is 2.25 bits per heavy atom. The predicted molar refractivity (Wildman–Crippen MR) is 133 cm³/mol. The summed E-state index contributed by atoms with van der Waals surface area (Å²) in [6.45, 7) is 3.87. The van der Waals surface area contributed by atoms with Crippen molar-refractivity contribution in [3.05, 3.63) is 138 Å². The first kappa shape index (κ1) is 17.6. The highest BCUT2D eigenvalue weighted by atomic mass is 16.3. The number of para-hydroxylation sites is 1. The van der Waals surface area contributed by atoms with Crippen LogP contribution in [0, 0.1) is 0 Å². The summed E-state index contributed by atoms with van der Waals surface area (Å²) in [6, 6.07) is 30.4. The van der Waals surface area contributed by atoms with E-state index in [0.29, 0.717) is 0 Å². The summed E-state index contributed by atoms with van der Waals surface area (Å²) in [4.78, 5) is 0. The Morgan fingerprint density at radius 1 is 0.688 bits per heavy atom. The van der Waals surface area contributed by atoms with Gasteiger partial charge in [-0.3, -0.25) is 0 Å². The van der Waals surface area contributed by atoms with Crippen LogP contribution in [0.15, 0.2) is 120 Å². The zero-order chi connectivity index (χ0) is 21.3. The van der Waals surface area contributed by atoms with E-state index in [1.165, 1.54) is 49.7 Å². The van der Waals surface area contributed by atoms with E-state index in [9.17, 15) is 0 Å². The van der Waals surface area contributed by atoms with Gasteiger partial charge in [0.15, 0.2) is 0 Å². The van der Waals surface area contributed by atoms with Gasteiger partial charge in [0.05, 0.1) is 5.41 Å². The molecule has 1 nitrogen and oxygen atoms in total. The third-order valence-corrected chi connectivity index (χ3v) is 7.04. The Bertz CT molecular complexity index is 1640. The topological polar surface area (TPSA) is 13.1 Å². The molecule has 1 atom stereocenters. The van der Waals surface area contributed by atoms with Crippen molar-refractivity contribution in [1.82, 2.24) is 0 Å². The Balaban J connectivity index is 1.65. The fourth-order valence-corrected chi connectivity index (χ4v) is 5.80. The van der Waals surface area contributed by atoms with Gasteiger partial charge in [-0.25, -0.2) is 0 Å². The van der Waals surface area contributed by atoms with Gasteiger partial charge in [0.25, 0.3) is 0 Å². The Labute approximate surface area is 186 Å². The molecule has 0 saturated carbocycles. The van der Waals surface area contributed by atoms with Crippen LogP contribution in [0.2, 0.25) is 0 Å². The standard InChI is InChI=1S/C31H20O/c1-2-3-10-20-19-31(25-14-7-4-11-21(20)25)26-15-8-5-13-24(26)29-27(31)18-17-23-22-12-6-9-16-28(22)32-30(23)29/h2-19H,1H2/b10-3-. The summed E-state index contributed by atoms with van der Waals surface area (Å²) in [5, 5.41) is 2.34. The number of fused-ring (bicyclic) bond motifs is 11. The first-order chi connectivity index (χ1) is 15.8. The molecule has 0 N–H and O–H groups in total. The van der Waals surface area contributed by atoms with Crippen molar-refractivity contribution in [2.45, 2.75) is 5.41 Å². The van der Waals surface area contributed by atoms with Crippen LogP contribution in [-0.2, 0) is 5.41 Å². The molecule has 1 aromatic heterocycles. The van der Waals surface area contributed by atoms with Crippen LogP contribution in [0.4, 0.5) is 0 Å². The van der Waals surface area contributed by atoms with Gasteiger partial charge >= 0.3 is 0 Å². The average molecular weight is 409 g/mol. The molecule has 0 bridgehead atoms. The van der Waals surface area contributed by atoms with Gasteiger partial charge in [0.2, 0.25) is 0 Å². The Kier molecular flexibility index (Phi) is 3.41.